The van der Waals surface area contributed by atoms with Gasteiger partial charge >= 0.3 is 0 Å². The Morgan fingerprint density at radius 1 is 1.41 bits per heavy atom. The van der Waals surface area contributed by atoms with Crippen LogP contribution in [-0.2, 0) is 0 Å². The van der Waals surface area contributed by atoms with Crippen molar-refractivity contribution < 1.29 is 9.53 Å². The van der Waals surface area contributed by atoms with Gasteiger partial charge in [-0.1, -0.05) is 17.7 Å². The number of pyridine rings is 1. The third-order valence-electron chi connectivity index (χ3n) is 4.79. The minimum atomic E-state index is -0.151. The Bertz CT molecular complexity index is 639. The van der Waals surface area contributed by atoms with E-state index >= 15 is 0 Å². The Kier molecular flexibility index (Phi) is 3.54. The van der Waals surface area contributed by atoms with Crippen molar-refractivity contribution in [2.75, 3.05) is 26.2 Å². The molecular weight excluding hydrogens is 302 g/mol. The highest BCUT2D eigenvalue weighted by Gasteiger charge is 2.35. The molecule has 4 aliphatic rings. The number of nitrogens with one attached hydrogen (secondary N) is 1. The number of fused-ring (bicyclic) bond motifs is 4. The summed E-state index contributed by atoms with van der Waals surface area (Å²) in [5.74, 6) is 0.997. The minimum Gasteiger partial charge on any atom is -0.486 e. The third-order valence-corrected chi connectivity index (χ3v) is 5.04. The molecule has 2 bridgehead atoms. The predicted molar refractivity (Wildman–Crippen MR) is 84.2 cm³/mol. The molecule has 0 spiro atoms. The van der Waals surface area contributed by atoms with Crippen molar-refractivity contribution in [2.45, 2.75) is 18.9 Å². The largest absolute Gasteiger partial charge is 0.486 e. The average Bonchev–Trinajstić information content (AvgIpc) is 2.56. The summed E-state index contributed by atoms with van der Waals surface area (Å²) in [6.07, 6.45) is 6.14. The van der Waals surface area contributed by atoms with Crippen molar-refractivity contribution in [1.29, 1.82) is 0 Å². The van der Waals surface area contributed by atoms with Gasteiger partial charge in [0.25, 0.3) is 5.91 Å². The standard InChI is InChI=1S/C16H18ClN3O2/c17-15-14-11(2-1-7-22-14)8-12(18-15)16(21)19-13-9-20-5-3-10(13)4-6-20/h1-2,8,10,13H,3-7,9H2,(H,19,21). The van der Waals surface area contributed by atoms with Crippen LogP contribution in [0.4, 0.5) is 0 Å². The van der Waals surface area contributed by atoms with E-state index in [1.54, 1.807) is 6.07 Å². The summed E-state index contributed by atoms with van der Waals surface area (Å²) in [5.41, 5.74) is 1.17. The number of piperidine rings is 3. The Morgan fingerprint density at radius 3 is 2.95 bits per heavy atom. The maximum Gasteiger partial charge on any atom is 0.270 e. The van der Waals surface area contributed by atoms with E-state index in [-0.39, 0.29) is 17.1 Å². The molecule has 1 amide bonds. The van der Waals surface area contributed by atoms with Crippen LogP contribution in [-0.4, -0.2) is 48.1 Å². The van der Waals surface area contributed by atoms with E-state index in [0.29, 0.717) is 24.0 Å². The van der Waals surface area contributed by atoms with E-state index in [2.05, 4.69) is 15.2 Å². The monoisotopic (exact) mass is 319 g/mol. The zero-order valence-electron chi connectivity index (χ0n) is 12.2. The first-order valence-electron chi connectivity index (χ1n) is 7.74. The highest BCUT2D eigenvalue weighted by Crippen LogP contribution is 2.32. The molecule has 5 nitrogen and oxygen atoms in total. The summed E-state index contributed by atoms with van der Waals surface area (Å²) in [7, 11) is 0. The molecule has 5 heterocycles. The Balaban J connectivity index is 1.54. The Hall–Kier alpha value is -1.59. The molecule has 3 saturated heterocycles. The second-order valence-electron chi connectivity index (χ2n) is 6.15. The lowest BCUT2D eigenvalue weighted by Crippen LogP contribution is -2.57. The second kappa shape index (κ2) is 5.56. The highest BCUT2D eigenvalue weighted by atomic mass is 35.5. The van der Waals surface area contributed by atoms with Gasteiger partial charge in [0, 0.05) is 18.2 Å². The summed E-state index contributed by atoms with van der Waals surface area (Å²) in [5, 5.41) is 3.38. The van der Waals surface area contributed by atoms with Crippen LogP contribution in [0.15, 0.2) is 12.1 Å². The Labute approximate surface area is 134 Å². The molecule has 1 unspecified atom stereocenters. The first-order valence-corrected chi connectivity index (χ1v) is 8.11. The number of carbonyl (C=O) groups is 1. The van der Waals surface area contributed by atoms with Crippen molar-refractivity contribution in [3.63, 3.8) is 0 Å². The molecule has 5 rings (SSSR count). The summed E-state index contributed by atoms with van der Waals surface area (Å²) in [4.78, 5) is 19.1. The molecule has 6 heteroatoms. The quantitative estimate of drug-likeness (QED) is 0.847. The molecule has 0 aromatic carbocycles. The van der Waals surface area contributed by atoms with Gasteiger partial charge in [-0.25, -0.2) is 4.98 Å². The fraction of sp³-hybridized carbons (Fsp3) is 0.500. The number of hydrogen-bond donors (Lipinski definition) is 1. The first-order chi connectivity index (χ1) is 10.7. The van der Waals surface area contributed by atoms with Gasteiger partial charge in [-0.15, -0.1) is 0 Å². The van der Waals surface area contributed by atoms with Gasteiger partial charge in [-0.2, -0.15) is 0 Å². The number of hydrogen-bond acceptors (Lipinski definition) is 4. The molecule has 1 aromatic rings. The van der Waals surface area contributed by atoms with Crippen LogP contribution < -0.4 is 10.1 Å². The van der Waals surface area contributed by atoms with Crippen molar-refractivity contribution >= 4 is 23.6 Å². The molecule has 3 fully saturated rings. The van der Waals surface area contributed by atoms with E-state index in [4.69, 9.17) is 16.3 Å². The lowest BCUT2D eigenvalue weighted by molar-refractivity contribution is 0.0617. The van der Waals surface area contributed by atoms with Gasteiger partial charge in [-0.05, 0) is 44.0 Å². The van der Waals surface area contributed by atoms with Crippen molar-refractivity contribution in [1.82, 2.24) is 15.2 Å². The Morgan fingerprint density at radius 2 is 2.23 bits per heavy atom. The van der Waals surface area contributed by atoms with Crippen LogP contribution in [0.1, 0.15) is 28.9 Å². The van der Waals surface area contributed by atoms with E-state index in [1.807, 2.05) is 12.2 Å². The zero-order valence-corrected chi connectivity index (χ0v) is 13.0. The molecule has 22 heavy (non-hydrogen) atoms. The number of halogens is 1. The van der Waals surface area contributed by atoms with Crippen LogP contribution in [0.2, 0.25) is 5.15 Å². The molecule has 0 radical (unpaired) electrons. The highest BCUT2D eigenvalue weighted by molar-refractivity contribution is 6.31. The van der Waals surface area contributed by atoms with Crippen molar-refractivity contribution in [3.05, 3.63) is 28.6 Å². The molecule has 1 atom stereocenters. The number of amides is 1. The van der Waals surface area contributed by atoms with Crippen LogP contribution in [0.5, 0.6) is 5.75 Å². The number of ether oxygens (including phenoxy) is 1. The fourth-order valence-corrected chi connectivity index (χ4v) is 3.84. The number of rotatable bonds is 2. The predicted octanol–water partition coefficient (Wildman–Crippen LogP) is 1.96. The van der Waals surface area contributed by atoms with E-state index in [9.17, 15) is 4.79 Å². The average molecular weight is 320 g/mol. The van der Waals surface area contributed by atoms with Crippen molar-refractivity contribution in [2.24, 2.45) is 5.92 Å². The SMILES string of the molecule is O=C(NC1CN2CCC1CC2)c1cc2c(c(Cl)n1)OCC=C2. The van der Waals surface area contributed by atoms with Crippen LogP contribution >= 0.6 is 11.6 Å². The number of aromatic nitrogens is 1. The topological polar surface area (TPSA) is 54.5 Å². The molecular formula is C16H18ClN3O2. The number of carbonyl (C=O) groups excluding carboxylic acids is 1. The fourth-order valence-electron chi connectivity index (χ4n) is 3.58. The van der Waals surface area contributed by atoms with E-state index in [1.165, 1.54) is 12.8 Å². The first kappa shape index (κ1) is 14.0. The molecule has 116 valence electrons. The second-order valence-corrected chi connectivity index (χ2v) is 6.51. The van der Waals surface area contributed by atoms with Gasteiger partial charge in [0.05, 0.1) is 0 Å². The normalized spacial score (nSPS) is 28.9. The maximum absolute atomic E-state index is 12.5. The smallest absolute Gasteiger partial charge is 0.270 e. The van der Waals surface area contributed by atoms with Crippen LogP contribution in [0, 0.1) is 5.92 Å². The van der Waals surface area contributed by atoms with Crippen LogP contribution in [0.25, 0.3) is 6.08 Å². The molecule has 1 N–H and O–H groups in total. The summed E-state index contributed by atoms with van der Waals surface area (Å²) in [6.45, 7) is 3.74. The lowest BCUT2D eigenvalue weighted by Gasteiger charge is -2.44. The summed E-state index contributed by atoms with van der Waals surface area (Å²) < 4.78 is 5.46. The van der Waals surface area contributed by atoms with Gasteiger partial charge in [-0.3, -0.25) is 4.79 Å². The summed E-state index contributed by atoms with van der Waals surface area (Å²) >= 11 is 6.14. The van der Waals surface area contributed by atoms with E-state index < -0.39 is 0 Å². The molecule has 0 aliphatic carbocycles. The third kappa shape index (κ3) is 2.48. The van der Waals surface area contributed by atoms with Gasteiger partial charge < -0.3 is 15.0 Å². The molecule has 0 saturated carbocycles. The minimum absolute atomic E-state index is 0.151. The van der Waals surface area contributed by atoms with Gasteiger partial charge in [0.2, 0.25) is 0 Å². The zero-order chi connectivity index (χ0) is 15.1. The maximum atomic E-state index is 12.5. The van der Waals surface area contributed by atoms with E-state index in [0.717, 1.165) is 25.2 Å². The molecule has 4 aliphatic heterocycles. The van der Waals surface area contributed by atoms with Crippen LogP contribution in [0.3, 0.4) is 0 Å². The number of nitrogens with zero attached hydrogens (tertiary/aromatic N) is 2. The summed E-state index contributed by atoms with van der Waals surface area (Å²) in [6, 6.07) is 1.96. The van der Waals surface area contributed by atoms with Gasteiger partial charge in [0.1, 0.15) is 12.3 Å². The lowest BCUT2D eigenvalue weighted by atomic mass is 9.84. The van der Waals surface area contributed by atoms with Crippen molar-refractivity contribution in [3.8, 4) is 5.75 Å². The molecule has 1 aromatic heterocycles. The van der Waals surface area contributed by atoms with Gasteiger partial charge in [0.15, 0.2) is 10.9 Å².